The van der Waals surface area contributed by atoms with Crippen LogP contribution in [0.2, 0.25) is 0 Å². The Morgan fingerprint density at radius 2 is 0.548 bits per heavy atom. The molecule has 0 aromatic heterocycles. The molecule has 0 aliphatic carbocycles. The fourth-order valence-corrected chi connectivity index (χ4v) is 1.91. The van der Waals surface area contributed by atoms with Crippen LogP contribution in [0.25, 0.3) is 0 Å². The van der Waals surface area contributed by atoms with Crippen LogP contribution in [0.5, 0.6) is 0 Å². The summed E-state index contributed by atoms with van der Waals surface area (Å²) >= 11 is 0. The number of nitrogens with zero attached hydrogens (tertiary/aromatic N) is 1. The molecule has 0 amide bonds. The van der Waals surface area contributed by atoms with Crippen LogP contribution < -0.4 is 0 Å². The molecule has 0 fully saturated rings. The molecule has 0 spiro atoms. The monoisotopic (exact) mass is 521 g/mol. The Hall–Kier alpha value is -1.51. The zero-order valence-electron chi connectivity index (χ0n) is 12.9. The van der Waals surface area contributed by atoms with E-state index in [-0.39, 0.29) is 0 Å². The molecule has 1 atom stereocenters. The summed E-state index contributed by atoms with van der Waals surface area (Å²) in [6.45, 7) is 0. The molecular weight excluding hydrogens is 521 g/mol. The van der Waals surface area contributed by atoms with Crippen molar-refractivity contribution in [2.24, 2.45) is 0 Å². The van der Waals surface area contributed by atoms with Gasteiger partial charge in [-0.3, -0.25) is 0 Å². The second kappa shape index (κ2) is 6.99. The fourth-order valence-electron chi connectivity index (χ4n) is 1.91. The van der Waals surface area contributed by atoms with E-state index in [2.05, 4.69) is 0 Å². The summed E-state index contributed by atoms with van der Waals surface area (Å²) < 4.78 is 265. The van der Waals surface area contributed by atoms with Crippen molar-refractivity contribution >= 4 is 0 Å². The smallest absolute Gasteiger partial charge is 0.218 e. The minimum absolute atomic E-state index is 5.00. The Bertz CT molecular complexity index is 612. The van der Waals surface area contributed by atoms with E-state index in [1.807, 2.05) is 0 Å². The van der Waals surface area contributed by atoms with Gasteiger partial charge in [0.1, 0.15) is 0 Å². The Morgan fingerprint density at radius 3 is 0.710 bits per heavy atom. The Labute approximate surface area is 153 Å². The summed E-state index contributed by atoms with van der Waals surface area (Å²) in [4.78, 5) is -5.00. The van der Waals surface area contributed by atoms with E-state index in [1.165, 1.54) is 0 Å². The van der Waals surface area contributed by atoms with Crippen molar-refractivity contribution in [2.45, 2.75) is 54.4 Å². The van der Waals surface area contributed by atoms with Gasteiger partial charge in [-0.1, -0.05) is 4.90 Å². The van der Waals surface area contributed by atoms with Gasteiger partial charge in [-0.25, -0.2) is 8.78 Å². The SMILES string of the molecule is FC(F)(F)N(C(F)(F)F)C(F)(F)C(F)(C(F)(F)F)C(F)(F)C(F)(C(F)(F)F)C(F)(F)F. The van der Waals surface area contributed by atoms with E-state index >= 15 is 0 Å². The van der Waals surface area contributed by atoms with Crippen LogP contribution >= 0.6 is 0 Å². The van der Waals surface area contributed by atoms with Crippen LogP contribution in [0.3, 0.4) is 0 Å². The maximum Gasteiger partial charge on any atom is 0.472 e. The van der Waals surface area contributed by atoms with Gasteiger partial charge in [0.05, 0.1) is 0 Å². The molecule has 0 radical (unpaired) electrons. The van der Waals surface area contributed by atoms with Gasteiger partial charge in [0.25, 0.3) is 0 Å². The van der Waals surface area contributed by atoms with Crippen molar-refractivity contribution in [1.82, 2.24) is 4.90 Å². The third-order valence-corrected chi connectivity index (χ3v) is 3.24. The topological polar surface area (TPSA) is 3.24 Å². The molecule has 1 nitrogen and oxygen atoms in total. The first-order chi connectivity index (χ1) is 12.9. The fraction of sp³-hybridized carbons (Fsp3) is 1.00. The number of hydrogen-bond donors (Lipinski definition) is 0. The summed E-state index contributed by atoms with van der Waals surface area (Å²) in [7, 11) is 0. The average molecular weight is 521 g/mol. The van der Waals surface area contributed by atoms with E-state index in [0.717, 1.165) is 0 Å². The maximum absolute atomic E-state index is 13.8. The first-order valence-electron chi connectivity index (χ1n) is 6.14. The zero-order chi connectivity index (χ0) is 26.1. The predicted octanol–water partition coefficient (Wildman–Crippen LogP) is 6.66. The molecule has 0 aliphatic heterocycles. The van der Waals surface area contributed by atoms with Crippen molar-refractivity contribution in [3.63, 3.8) is 0 Å². The van der Waals surface area contributed by atoms with Gasteiger partial charge in [0.2, 0.25) is 0 Å². The Balaban J connectivity index is 7.70. The summed E-state index contributed by atoms with van der Waals surface area (Å²) in [5.41, 5.74) is -18.5. The molecule has 0 aromatic carbocycles. The lowest BCUT2D eigenvalue weighted by Gasteiger charge is -2.48. The van der Waals surface area contributed by atoms with Gasteiger partial charge < -0.3 is 0 Å². The second-order valence-electron chi connectivity index (χ2n) is 5.20. The lowest BCUT2D eigenvalue weighted by Crippen LogP contribution is -2.82. The quantitative estimate of drug-likeness (QED) is 0.296. The minimum Gasteiger partial charge on any atom is -0.218 e. The van der Waals surface area contributed by atoms with Crippen LogP contribution in [0.4, 0.5) is 92.2 Å². The number of halogens is 21. The van der Waals surface area contributed by atoms with E-state index in [4.69, 9.17) is 0 Å². The van der Waals surface area contributed by atoms with Crippen molar-refractivity contribution in [2.75, 3.05) is 0 Å². The lowest BCUT2D eigenvalue weighted by molar-refractivity contribution is -0.512. The highest BCUT2D eigenvalue weighted by Crippen LogP contribution is 2.66. The van der Waals surface area contributed by atoms with Crippen LogP contribution in [-0.2, 0) is 0 Å². The van der Waals surface area contributed by atoms with E-state index in [1.54, 1.807) is 0 Å². The molecule has 0 N–H and O–H groups in total. The van der Waals surface area contributed by atoms with Gasteiger partial charge >= 0.3 is 54.4 Å². The molecule has 0 bridgehead atoms. The first-order valence-corrected chi connectivity index (χ1v) is 6.14. The normalized spacial score (nSPS) is 18.4. The molecule has 1 unspecified atom stereocenters. The van der Waals surface area contributed by atoms with Crippen LogP contribution in [-0.4, -0.2) is 59.3 Å². The standard InChI is InChI=1S/C9F21N/c10-1(4(14,15)16,5(17,18)19)3(12,13)2(11,6(20,21)22)7(23,24)31(8(25,26)27)9(28,29)30. The molecule has 0 saturated carbocycles. The van der Waals surface area contributed by atoms with E-state index in [0.29, 0.717) is 0 Å². The van der Waals surface area contributed by atoms with Gasteiger partial charge in [0.15, 0.2) is 0 Å². The van der Waals surface area contributed by atoms with Crippen molar-refractivity contribution in [1.29, 1.82) is 0 Å². The third-order valence-electron chi connectivity index (χ3n) is 3.24. The molecule has 0 aliphatic rings. The second-order valence-corrected chi connectivity index (χ2v) is 5.20. The molecular formula is C9F21N. The average Bonchev–Trinajstić information content (AvgIpc) is 2.36. The highest BCUT2D eigenvalue weighted by molar-refractivity contribution is 5.20. The largest absolute Gasteiger partial charge is 0.472 e. The van der Waals surface area contributed by atoms with Crippen LogP contribution in [0.15, 0.2) is 0 Å². The first kappa shape index (κ1) is 29.5. The summed E-state index contributed by atoms with van der Waals surface area (Å²) in [6.07, 6.45) is -42.1. The van der Waals surface area contributed by atoms with Gasteiger partial charge in [-0.2, -0.15) is 83.4 Å². The molecule has 0 rings (SSSR count). The van der Waals surface area contributed by atoms with E-state index < -0.39 is 59.3 Å². The van der Waals surface area contributed by atoms with Crippen LogP contribution in [0.1, 0.15) is 0 Å². The zero-order valence-corrected chi connectivity index (χ0v) is 12.9. The summed E-state index contributed by atoms with van der Waals surface area (Å²) in [5.74, 6) is -9.44. The van der Waals surface area contributed by atoms with Gasteiger partial charge in [-0.15, -0.1) is 0 Å². The van der Waals surface area contributed by atoms with Crippen molar-refractivity contribution in [3.05, 3.63) is 0 Å². The Morgan fingerprint density at radius 1 is 0.323 bits per heavy atom. The highest BCUT2D eigenvalue weighted by Gasteiger charge is 2.99. The number of alkyl halides is 21. The van der Waals surface area contributed by atoms with Crippen molar-refractivity contribution < 1.29 is 92.2 Å². The minimum atomic E-state index is -9.44. The third kappa shape index (κ3) is 4.02. The molecule has 0 saturated heterocycles. The molecule has 0 aromatic rings. The van der Waals surface area contributed by atoms with Crippen LogP contribution in [0, 0.1) is 0 Å². The van der Waals surface area contributed by atoms with Gasteiger partial charge in [0, 0.05) is 0 Å². The van der Waals surface area contributed by atoms with E-state index in [9.17, 15) is 92.2 Å². The maximum atomic E-state index is 13.8. The number of hydrogen-bond acceptors (Lipinski definition) is 1. The molecule has 22 heteroatoms. The molecule has 188 valence electrons. The molecule has 0 heterocycles. The highest BCUT2D eigenvalue weighted by atomic mass is 19.4. The Kier molecular flexibility index (Phi) is 6.65. The van der Waals surface area contributed by atoms with Gasteiger partial charge in [-0.05, 0) is 0 Å². The summed E-state index contributed by atoms with van der Waals surface area (Å²) in [5, 5.41) is 0. The summed E-state index contributed by atoms with van der Waals surface area (Å²) in [6, 6.07) is -9.10. The number of rotatable bonds is 4. The lowest BCUT2D eigenvalue weighted by atomic mass is 9.80. The van der Waals surface area contributed by atoms with Crippen molar-refractivity contribution in [3.8, 4) is 0 Å². The predicted molar refractivity (Wildman–Crippen MR) is 49.7 cm³/mol. The molecule has 31 heavy (non-hydrogen) atoms.